The predicted molar refractivity (Wildman–Crippen MR) is 102 cm³/mol. The number of nitrogens with zero attached hydrogens (tertiary/aromatic N) is 5. The number of anilines is 2. The summed E-state index contributed by atoms with van der Waals surface area (Å²) in [5, 5.41) is 17.4. The Morgan fingerprint density at radius 3 is 2.45 bits per heavy atom. The smallest absolute Gasteiger partial charge is 0.320 e. The zero-order valence-corrected chi connectivity index (χ0v) is 15.8. The third-order valence-electron chi connectivity index (χ3n) is 3.75. The molecule has 2 aromatic heterocycles. The Bertz CT molecular complexity index is 1140. The van der Waals surface area contributed by atoms with Crippen LogP contribution in [0.2, 0.25) is 0 Å². The number of nitro groups is 1. The second-order valence-corrected chi connectivity index (χ2v) is 7.29. The average Bonchev–Trinajstić information content (AvgIpc) is 3.13. The molecule has 13 heteroatoms. The van der Waals surface area contributed by atoms with Crippen LogP contribution in [0, 0.1) is 10.1 Å². The maximum Gasteiger partial charge on any atom is 0.320 e. The number of benzene rings is 1. The first-order valence-electron chi connectivity index (χ1n) is 8.23. The highest BCUT2D eigenvalue weighted by molar-refractivity contribution is 7.92. The van der Waals surface area contributed by atoms with Crippen molar-refractivity contribution in [2.45, 2.75) is 18.4 Å². The fraction of sp³-hybridized carbons (Fsp3) is 0.125. The summed E-state index contributed by atoms with van der Waals surface area (Å²) < 4.78 is 28.2. The summed E-state index contributed by atoms with van der Waals surface area (Å²) >= 11 is 0. The molecule has 0 radical (unpaired) electrons. The van der Waals surface area contributed by atoms with E-state index in [1.54, 1.807) is 13.0 Å². The summed E-state index contributed by atoms with van der Waals surface area (Å²) in [6.45, 7) is 1.96. The highest BCUT2D eigenvalue weighted by Crippen LogP contribution is 2.21. The second kappa shape index (κ2) is 8.02. The summed E-state index contributed by atoms with van der Waals surface area (Å²) in [6, 6.07) is 6.80. The summed E-state index contributed by atoms with van der Waals surface area (Å²) in [5.41, 5.74) is -0.365. The van der Waals surface area contributed by atoms with Crippen molar-refractivity contribution in [3.63, 3.8) is 0 Å². The lowest BCUT2D eigenvalue weighted by atomic mass is 10.3. The molecular weight excluding hydrogens is 402 g/mol. The molecule has 3 aromatic rings. The van der Waals surface area contributed by atoms with Gasteiger partial charge in [-0.15, -0.1) is 0 Å². The number of aromatic nitrogens is 4. The molecule has 2 heterocycles. The summed E-state index contributed by atoms with van der Waals surface area (Å²) in [7, 11) is -3.92. The number of amides is 1. The van der Waals surface area contributed by atoms with Gasteiger partial charge in [0.05, 0.1) is 9.82 Å². The Morgan fingerprint density at radius 2 is 1.86 bits per heavy atom. The van der Waals surface area contributed by atoms with Crippen molar-refractivity contribution in [2.75, 3.05) is 10.0 Å². The van der Waals surface area contributed by atoms with E-state index in [1.165, 1.54) is 41.3 Å². The normalized spacial score (nSPS) is 11.1. The summed E-state index contributed by atoms with van der Waals surface area (Å²) in [5.74, 6) is -0.813. The molecule has 0 saturated carbocycles. The van der Waals surface area contributed by atoms with Crippen molar-refractivity contribution >= 4 is 33.3 Å². The lowest BCUT2D eigenvalue weighted by Crippen LogP contribution is -2.19. The second-order valence-electron chi connectivity index (χ2n) is 5.61. The van der Waals surface area contributed by atoms with Crippen molar-refractivity contribution in [1.82, 2.24) is 19.7 Å². The van der Waals surface area contributed by atoms with Gasteiger partial charge in [0.2, 0.25) is 11.6 Å². The highest BCUT2D eigenvalue weighted by atomic mass is 32.2. The Labute approximate surface area is 164 Å². The van der Waals surface area contributed by atoms with Crippen LogP contribution in [0.15, 0.2) is 53.8 Å². The number of hydrogen-bond donors (Lipinski definition) is 2. The molecule has 2 N–H and O–H groups in total. The van der Waals surface area contributed by atoms with Crippen LogP contribution < -0.4 is 10.0 Å². The predicted octanol–water partition coefficient (Wildman–Crippen LogP) is 1.65. The molecular formula is C16H15N7O5S. The van der Waals surface area contributed by atoms with Crippen LogP contribution in [0.3, 0.4) is 0 Å². The van der Waals surface area contributed by atoms with Crippen LogP contribution in [0.25, 0.3) is 0 Å². The van der Waals surface area contributed by atoms with Gasteiger partial charge in [-0.05, 0) is 37.3 Å². The molecule has 0 spiro atoms. The van der Waals surface area contributed by atoms with Crippen LogP contribution in [-0.4, -0.2) is 39.0 Å². The molecule has 12 nitrogen and oxygen atoms in total. The molecule has 0 atom stereocenters. The monoisotopic (exact) mass is 417 g/mol. The van der Waals surface area contributed by atoms with Crippen molar-refractivity contribution in [3.8, 4) is 0 Å². The van der Waals surface area contributed by atoms with Crippen molar-refractivity contribution in [3.05, 3.63) is 64.7 Å². The number of carbonyl (C=O) groups is 1. The molecule has 0 aliphatic heterocycles. The molecule has 3 rings (SSSR count). The largest absolute Gasteiger partial charge is 0.320 e. The standard InChI is InChI=1S/C16H15N7O5S/c1-2-22-14(13(10-19-22)23(25)26)15(24)20-11-4-6-12(7-5-11)29(27,28)21-16-17-8-3-9-18-16/h3-10H,2H2,1H3,(H,20,24)(H,17,18,21). The first-order valence-corrected chi connectivity index (χ1v) is 9.71. The highest BCUT2D eigenvalue weighted by Gasteiger charge is 2.26. The molecule has 0 unspecified atom stereocenters. The van der Waals surface area contributed by atoms with Gasteiger partial charge in [-0.3, -0.25) is 19.6 Å². The van der Waals surface area contributed by atoms with Crippen LogP contribution in [0.5, 0.6) is 0 Å². The van der Waals surface area contributed by atoms with Gasteiger partial charge in [0.25, 0.3) is 15.9 Å². The third kappa shape index (κ3) is 4.35. The van der Waals surface area contributed by atoms with Crippen molar-refractivity contribution < 1.29 is 18.1 Å². The Balaban J connectivity index is 1.78. The van der Waals surface area contributed by atoms with Gasteiger partial charge in [0.1, 0.15) is 6.20 Å². The first kappa shape index (κ1) is 19.9. The maximum absolute atomic E-state index is 12.5. The maximum atomic E-state index is 12.5. The zero-order valence-electron chi connectivity index (χ0n) is 15.0. The molecule has 1 aromatic carbocycles. The van der Waals surface area contributed by atoms with Gasteiger partial charge in [-0.1, -0.05) is 0 Å². The van der Waals surface area contributed by atoms with E-state index in [9.17, 15) is 23.3 Å². The fourth-order valence-corrected chi connectivity index (χ4v) is 3.38. The number of carbonyl (C=O) groups excluding carboxylic acids is 1. The molecule has 29 heavy (non-hydrogen) atoms. The Hall–Kier alpha value is -3.87. The van der Waals surface area contributed by atoms with Crippen LogP contribution in [0.1, 0.15) is 17.4 Å². The third-order valence-corrected chi connectivity index (χ3v) is 5.09. The van der Waals surface area contributed by atoms with E-state index in [2.05, 4.69) is 25.1 Å². The van der Waals surface area contributed by atoms with Crippen molar-refractivity contribution in [1.29, 1.82) is 0 Å². The molecule has 150 valence electrons. The molecule has 0 fully saturated rings. The number of hydrogen-bond acceptors (Lipinski definition) is 8. The van der Waals surface area contributed by atoms with Gasteiger partial charge in [0.15, 0.2) is 0 Å². The SMILES string of the molecule is CCn1ncc([N+](=O)[O-])c1C(=O)Nc1ccc(S(=O)(=O)Nc2ncccn2)cc1. The van der Waals surface area contributed by atoms with E-state index < -0.39 is 26.5 Å². The Morgan fingerprint density at radius 1 is 1.21 bits per heavy atom. The van der Waals surface area contributed by atoms with Gasteiger partial charge in [-0.25, -0.2) is 23.1 Å². The topological polar surface area (TPSA) is 162 Å². The van der Waals surface area contributed by atoms with E-state index >= 15 is 0 Å². The van der Waals surface area contributed by atoms with E-state index in [4.69, 9.17) is 0 Å². The van der Waals surface area contributed by atoms with E-state index in [0.29, 0.717) is 0 Å². The van der Waals surface area contributed by atoms with Crippen LogP contribution >= 0.6 is 0 Å². The molecule has 1 amide bonds. The number of sulfonamides is 1. The molecule has 0 bridgehead atoms. The van der Waals surface area contributed by atoms with Gasteiger partial charge >= 0.3 is 5.69 Å². The number of rotatable bonds is 7. The fourth-order valence-electron chi connectivity index (χ4n) is 2.42. The number of nitrogens with one attached hydrogen (secondary N) is 2. The van der Waals surface area contributed by atoms with Crippen LogP contribution in [0.4, 0.5) is 17.3 Å². The lowest BCUT2D eigenvalue weighted by Gasteiger charge is -2.09. The van der Waals surface area contributed by atoms with E-state index in [0.717, 1.165) is 6.20 Å². The Kier molecular flexibility index (Phi) is 5.50. The first-order chi connectivity index (χ1) is 13.8. The van der Waals surface area contributed by atoms with Crippen molar-refractivity contribution in [2.24, 2.45) is 0 Å². The number of aryl methyl sites for hydroxylation is 1. The quantitative estimate of drug-likeness (QED) is 0.433. The average molecular weight is 417 g/mol. The lowest BCUT2D eigenvalue weighted by molar-refractivity contribution is -0.385. The summed E-state index contributed by atoms with van der Waals surface area (Å²) in [4.78, 5) is 30.4. The minimum atomic E-state index is -3.92. The van der Waals surface area contributed by atoms with Gasteiger partial charge < -0.3 is 5.32 Å². The molecule has 0 aliphatic carbocycles. The molecule has 0 aliphatic rings. The van der Waals surface area contributed by atoms with Gasteiger partial charge in [-0.2, -0.15) is 5.10 Å². The summed E-state index contributed by atoms with van der Waals surface area (Å²) in [6.07, 6.45) is 3.79. The molecule has 0 saturated heterocycles. The van der Waals surface area contributed by atoms with E-state index in [1.807, 2.05) is 0 Å². The minimum Gasteiger partial charge on any atom is -0.320 e. The van der Waals surface area contributed by atoms with E-state index in [-0.39, 0.29) is 28.8 Å². The van der Waals surface area contributed by atoms with Crippen LogP contribution in [-0.2, 0) is 16.6 Å². The minimum absolute atomic E-state index is 0.0764. The van der Waals surface area contributed by atoms with Gasteiger partial charge in [0, 0.05) is 24.6 Å². The zero-order chi connectivity index (χ0) is 21.0.